The third-order valence-electron chi connectivity index (χ3n) is 2.11. The van der Waals surface area contributed by atoms with Gasteiger partial charge < -0.3 is 15.6 Å². The summed E-state index contributed by atoms with van der Waals surface area (Å²) in [5.74, 6) is 0. The van der Waals surface area contributed by atoms with Crippen LogP contribution in [0.5, 0.6) is 0 Å². The first kappa shape index (κ1) is 9.28. The number of amides is 1. The highest BCUT2D eigenvalue weighted by Gasteiger charge is 2.50. The maximum absolute atomic E-state index is 10.7. The molecule has 0 saturated carbocycles. The third kappa shape index (κ3) is 1.51. The van der Waals surface area contributed by atoms with Gasteiger partial charge in [0.25, 0.3) is 0 Å². The molecule has 1 rings (SSSR count). The predicted octanol–water partition coefficient (Wildman–Crippen LogP) is 0.0616. The molecule has 5 nitrogen and oxygen atoms in total. The van der Waals surface area contributed by atoms with Gasteiger partial charge in [-0.2, -0.15) is 0 Å². The van der Waals surface area contributed by atoms with E-state index in [1.165, 1.54) is 4.90 Å². The van der Waals surface area contributed by atoms with Crippen LogP contribution in [0.1, 0.15) is 13.3 Å². The van der Waals surface area contributed by atoms with Crippen molar-refractivity contribution < 1.29 is 14.6 Å². The smallest absolute Gasteiger partial charge is 0.409 e. The van der Waals surface area contributed by atoms with Gasteiger partial charge >= 0.3 is 6.09 Å². The SMILES string of the molecule is CCC1(N(CCN)C(=O)O)CO1. The standard InChI is InChI=1S/C7H14N2O3/c1-2-7(5-12-7)9(4-3-8)6(10)11/h2-5,8H2,1H3,(H,10,11). The van der Waals surface area contributed by atoms with Crippen LogP contribution in [0.3, 0.4) is 0 Å². The predicted molar refractivity (Wildman–Crippen MR) is 42.8 cm³/mol. The molecule has 1 unspecified atom stereocenters. The Labute approximate surface area is 71.1 Å². The summed E-state index contributed by atoms with van der Waals surface area (Å²) in [6.07, 6.45) is -0.279. The van der Waals surface area contributed by atoms with Gasteiger partial charge in [0.05, 0.1) is 6.61 Å². The lowest BCUT2D eigenvalue weighted by atomic mass is 10.2. The van der Waals surface area contributed by atoms with Crippen LogP contribution in [0, 0.1) is 0 Å². The fourth-order valence-electron chi connectivity index (χ4n) is 1.24. The first-order valence-electron chi connectivity index (χ1n) is 4.01. The van der Waals surface area contributed by atoms with Gasteiger partial charge in [-0.25, -0.2) is 4.79 Å². The van der Waals surface area contributed by atoms with Crippen LogP contribution in [0.4, 0.5) is 4.79 Å². The molecular weight excluding hydrogens is 160 g/mol. The lowest BCUT2D eigenvalue weighted by Crippen LogP contribution is -2.44. The molecule has 0 radical (unpaired) electrons. The second-order valence-corrected chi connectivity index (χ2v) is 2.81. The van der Waals surface area contributed by atoms with E-state index in [0.717, 1.165) is 0 Å². The highest BCUT2D eigenvalue weighted by Crippen LogP contribution is 2.34. The topological polar surface area (TPSA) is 79.1 Å². The largest absolute Gasteiger partial charge is 0.465 e. The van der Waals surface area contributed by atoms with Crippen LogP contribution >= 0.6 is 0 Å². The van der Waals surface area contributed by atoms with Crippen molar-refractivity contribution in [1.29, 1.82) is 0 Å². The zero-order chi connectivity index (χ0) is 9.19. The van der Waals surface area contributed by atoms with Crippen LogP contribution in [0.15, 0.2) is 0 Å². The van der Waals surface area contributed by atoms with Crippen LogP contribution < -0.4 is 5.73 Å². The normalized spacial score (nSPS) is 26.8. The second-order valence-electron chi connectivity index (χ2n) is 2.81. The van der Waals surface area contributed by atoms with E-state index < -0.39 is 11.8 Å². The third-order valence-corrected chi connectivity index (χ3v) is 2.11. The summed E-state index contributed by atoms with van der Waals surface area (Å²) in [5, 5.41) is 8.80. The second kappa shape index (κ2) is 3.28. The molecule has 1 atom stereocenters. The minimum Gasteiger partial charge on any atom is -0.465 e. The fourth-order valence-corrected chi connectivity index (χ4v) is 1.24. The Morgan fingerprint density at radius 3 is 2.67 bits per heavy atom. The average Bonchev–Trinajstić information content (AvgIpc) is 2.80. The first-order valence-corrected chi connectivity index (χ1v) is 4.01. The minimum atomic E-state index is -0.959. The highest BCUT2D eigenvalue weighted by molar-refractivity contribution is 5.66. The molecule has 1 saturated heterocycles. The molecule has 0 bridgehead atoms. The van der Waals surface area contributed by atoms with E-state index in [1.54, 1.807) is 0 Å². The lowest BCUT2D eigenvalue weighted by molar-refractivity contribution is 0.0684. The summed E-state index contributed by atoms with van der Waals surface area (Å²) in [6, 6.07) is 0. The number of hydrogen-bond donors (Lipinski definition) is 2. The summed E-state index contributed by atoms with van der Waals surface area (Å²) in [7, 11) is 0. The van der Waals surface area contributed by atoms with Gasteiger partial charge in [0, 0.05) is 13.1 Å². The molecule has 12 heavy (non-hydrogen) atoms. The molecule has 1 amide bonds. The summed E-state index contributed by atoms with van der Waals surface area (Å²) in [5.41, 5.74) is 4.72. The first-order chi connectivity index (χ1) is 5.66. The molecular formula is C7H14N2O3. The summed E-state index contributed by atoms with van der Waals surface area (Å²) in [6.45, 7) is 3.07. The molecule has 70 valence electrons. The van der Waals surface area contributed by atoms with Gasteiger partial charge in [-0.15, -0.1) is 0 Å². The highest BCUT2D eigenvalue weighted by atomic mass is 16.6. The Bertz CT molecular complexity index is 179. The number of hydrogen-bond acceptors (Lipinski definition) is 3. The molecule has 0 aromatic rings. The van der Waals surface area contributed by atoms with E-state index in [1.807, 2.05) is 6.92 Å². The molecule has 1 aliphatic heterocycles. The molecule has 0 aromatic heterocycles. The van der Waals surface area contributed by atoms with E-state index >= 15 is 0 Å². The summed E-state index contributed by atoms with van der Waals surface area (Å²) in [4.78, 5) is 12.0. The van der Waals surface area contributed by atoms with Crippen LogP contribution in [-0.4, -0.2) is 41.5 Å². The average molecular weight is 174 g/mol. The Morgan fingerprint density at radius 2 is 2.42 bits per heavy atom. The van der Waals surface area contributed by atoms with E-state index in [-0.39, 0.29) is 0 Å². The fraction of sp³-hybridized carbons (Fsp3) is 0.857. The van der Waals surface area contributed by atoms with Gasteiger partial charge in [0.2, 0.25) is 0 Å². The summed E-state index contributed by atoms with van der Waals surface area (Å²) >= 11 is 0. The molecule has 0 aromatic carbocycles. The molecule has 3 N–H and O–H groups in total. The molecule has 1 heterocycles. The maximum Gasteiger partial charge on any atom is 0.409 e. The van der Waals surface area contributed by atoms with Gasteiger partial charge in [-0.05, 0) is 6.42 Å². The number of nitrogens with two attached hydrogens (primary N) is 1. The Balaban J connectivity index is 2.59. The van der Waals surface area contributed by atoms with Gasteiger partial charge in [-0.1, -0.05) is 6.92 Å². The minimum absolute atomic E-state index is 0.331. The molecule has 0 aliphatic carbocycles. The molecule has 0 spiro atoms. The van der Waals surface area contributed by atoms with Crippen LogP contribution in [0.25, 0.3) is 0 Å². The molecule has 1 fully saturated rings. The number of epoxide rings is 1. The van der Waals surface area contributed by atoms with Crippen molar-refractivity contribution in [3.63, 3.8) is 0 Å². The quantitative estimate of drug-likeness (QED) is 0.591. The van der Waals surface area contributed by atoms with Crippen molar-refractivity contribution in [3.05, 3.63) is 0 Å². The Morgan fingerprint density at radius 1 is 1.83 bits per heavy atom. The number of nitrogens with zero attached hydrogens (tertiary/aromatic N) is 1. The summed E-state index contributed by atoms with van der Waals surface area (Å²) < 4.78 is 5.11. The van der Waals surface area contributed by atoms with E-state index in [4.69, 9.17) is 15.6 Å². The van der Waals surface area contributed by atoms with Crippen molar-refractivity contribution >= 4 is 6.09 Å². The van der Waals surface area contributed by atoms with Gasteiger partial charge in [0.15, 0.2) is 5.72 Å². The molecule has 1 aliphatic rings. The van der Waals surface area contributed by atoms with E-state index in [2.05, 4.69) is 0 Å². The van der Waals surface area contributed by atoms with E-state index in [9.17, 15) is 4.79 Å². The lowest BCUT2D eigenvalue weighted by Gasteiger charge is -2.24. The van der Waals surface area contributed by atoms with Gasteiger partial charge in [0.1, 0.15) is 0 Å². The van der Waals surface area contributed by atoms with Crippen LogP contribution in [0.2, 0.25) is 0 Å². The molecule has 5 heteroatoms. The maximum atomic E-state index is 10.7. The number of ether oxygens (including phenoxy) is 1. The Kier molecular flexibility index (Phi) is 2.54. The van der Waals surface area contributed by atoms with Crippen LogP contribution in [-0.2, 0) is 4.74 Å². The monoisotopic (exact) mass is 174 g/mol. The number of carboxylic acid groups (broad SMARTS) is 1. The van der Waals surface area contributed by atoms with Crippen molar-refractivity contribution in [2.75, 3.05) is 19.7 Å². The van der Waals surface area contributed by atoms with Crippen molar-refractivity contribution in [3.8, 4) is 0 Å². The van der Waals surface area contributed by atoms with Gasteiger partial charge in [-0.3, -0.25) is 4.90 Å². The van der Waals surface area contributed by atoms with Crippen molar-refractivity contribution in [2.24, 2.45) is 5.73 Å². The van der Waals surface area contributed by atoms with Crippen molar-refractivity contribution in [1.82, 2.24) is 4.90 Å². The zero-order valence-electron chi connectivity index (χ0n) is 7.12. The number of rotatable bonds is 4. The zero-order valence-corrected chi connectivity index (χ0v) is 7.12. The van der Waals surface area contributed by atoms with Crippen molar-refractivity contribution in [2.45, 2.75) is 19.1 Å². The van der Waals surface area contributed by atoms with E-state index in [0.29, 0.717) is 26.1 Å². The Hall–Kier alpha value is -0.810. The number of carbonyl (C=O) groups is 1.